The number of hydrogen-bond donors (Lipinski definition) is 2. The van der Waals surface area contributed by atoms with Crippen LogP contribution >= 0.6 is 11.8 Å². The summed E-state index contributed by atoms with van der Waals surface area (Å²) in [6.07, 6.45) is 5.09. The Hall–Kier alpha value is -5.40. The van der Waals surface area contributed by atoms with Gasteiger partial charge in [0, 0.05) is 42.1 Å². The van der Waals surface area contributed by atoms with Crippen molar-refractivity contribution < 1.29 is 19.1 Å². The highest BCUT2D eigenvalue weighted by Crippen LogP contribution is 2.45. The minimum atomic E-state index is -0.920. The van der Waals surface area contributed by atoms with Gasteiger partial charge < -0.3 is 15.0 Å². The van der Waals surface area contributed by atoms with E-state index in [0.29, 0.717) is 0 Å². The molecule has 7 heteroatoms. The van der Waals surface area contributed by atoms with Crippen molar-refractivity contribution in [3.8, 4) is 0 Å². The van der Waals surface area contributed by atoms with E-state index in [1.807, 2.05) is 42.6 Å². The fourth-order valence-electron chi connectivity index (χ4n) is 8.36. The smallest absolute Gasteiger partial charge is 0.328 e. The van der Waals surface area contributed by atoms with Crippen LogP contribution in [0.3, 0.4) is 0 Å². The number of aromatic amines is 1. The normalized spacial score (nSPS) is 15.4. The highest BCUT2D eigenvalue weighted by atomic mass is 32.2. The molecule has 0 spiro atoms. The summed E-state index contributed by atoms with van der Waals surface area (Å²) in [5.74, 6) is -1.23. The third kappa shape index (κ3) is 6.24. The Balaban J connectivity index is 1.24. The van der Waals surface area contributed by atoms with Crippen LogP contribution in [-0.4, -0.2) is 40.9 Å². The first-order valence-electron chi connectivity index (χ1n) is 17.9. The summed E-state index contributed by atoms with van der Waals surface area (Å²) in [5.41, 5.74) is 6.52. The van der Waals surface area contributed by atoms with Gasteiger partial charge in [0.1, 0.15) is 6.04 Å². The number of aryl methyl sites for hydroxylation is 1. The van der Waals surface area contributed by atoms with Crippen molar-refractivity contribution >= 4 is 72.0 Å². The molecule has 0 fully saturated rings. The largest absolute Gasteiger partial charge is 0.467 e. The molecule has 8 rings (SSSR count). The number of esters is 1. The van der Waals surface area contributed by atoms with Crippen LogP contribution < -0.4 is 5.32 Å². The van der Waals surface area contributed by atoms with E-state index in [2.05, 4.69) is 83.1 Å². The van der Waals surface area contributed by atoms with E-state index in [9.17, 15) is 14.4 Å². The molecule has 1 heterocycles. The van der Waals surface area contributed by atoms with Gasteiger partial charge in [-0.2, -0.15) is 0 Å². The first-order valence-corrected chi connectivity index (χ1v) is 18.9. The zero-order valence-electron chi connectivity index (χ0n) is 29.3. The molecule has 1 aromatic heterocycles. The molecule has 0 radical (unpaired) electrons. The number of carbonyl (C=O) groups is 3. The molecule has 6 nitrogen and oxygen atoms in total. The number of ether oxygens (including phenoxy) is 1. The third-order valence-electron chi connectivity index (χ3n) is 10.8. The van der Waals surface area contributed by atoms with E-state index in [0.717, 1.165) is 69.4 Å². The fraction of sp³-hybridized carbons (Fsp3) is 0.222. The van der Waals surface area contributed by atoms with Crippen molar-refractivity contribution in [2.24, 2.45) is 0 Å². The van der Waals surface area contributed by atoms with Crippen LogP contribution in [0.25, 0.3) is 43.2 Å². The van der Waals surface area contributed by atoms with Crippen molar-refractivity contribution in [1.29, 1.82) is 0 Å². The molecule has 1 aliphatic rings. The molecule has 1 aliphatic carbocycles. The van der Waals surface area contributed by atoms with Crippen LogP contribution in [0.2, 0.25) is 0 Å². The average molecular weight is 705 g/mol. The molecule has 7 aromatic rings. The summed E-state index contributed by atoms with van der Waals surface area (Å²) < 4.78 is 5.22. The molecular formula is C45H40N2O4S. The average Bonchev–Trinajstić information content (AvgIpc) is 3.59. The zero-order chi connectivity index (χ0) is 35.8. The number of carbonyl (C=O) groups excluding carboxylic acids is 3. The van der Waals surface area contributed by atoms with Crippen molar-refractivity contribution in [3.63, 3.8) is 0 Å². The van der Waals surface area contributed by atoms with Gasteiger partial charge in [0.15, 0.2) is 5.12 Å². The van der Waals surface area contributed by atoms with Crippen molar-refractivity contribution in [3.05, 3.63) is 143 Å². The van der Waals surface area contributed by atoms with Gasteiger partial charge in [-0.15, -0.1) is 0 Å². The lowest BCUT2D eigenvalue weighted by molar-refractivity contribution is -0.145. The van der Waals surface area contributed by atoms with Gasteiger partial charge >= 0.3 is 5.97 Å². The summed E-state index contributed by atoms with van der Waals surface area (Å²) in [4.78, 5) is 43.8. The molecule has 260 valence electrons. The first-order chi connectivity index (χ1) is 25.4. The Morgan fingerprint density at radius 3 is 2.25 bits per heavy atom. The topological polar surface area (TPSA) is 88.3 Å². The number of amides is 1. The molecule has 0 saturated heterocycles. The quantitative estimate of drug-likeness (QED) is 0.116. The second-order valence-electron chi connectivity index (χ2n) is 13.8. The molecule has 0 aliphatic heterocycles. The van der Waals surface area contributed by atoms with Gasteiger partial charge in [-0.25, -0.2) is 4.79 Å². The van der Waals surface area contributed by atoms with E-state index in [-0.39, 0.29) is 29.1 Å². The molecule has 2 N–H and O–H groups in total. The highest BCUT2D eigenvalue weighted by molar-refractivity contribution is 8.13. The summed E-state index contributed by atoms with van der Waals surface area (Å²) in [7, 11) is 1.34. The monoisotopic (exact) mass is 704 g/mol. The lowest BCUT2D eigenvalue weighted by Crippen LogP contribution is -2.45. The Morgan fingerprint density at radius 2 is 1.46 bits per heavy atom. The minimum absolute atomic E-state index is 0.0551. The molecule has 0 bridgehead atoms. The zero-order valence-corrected chi connectivity index (χ0v) is 30.1. The van der Waals surface area contributed by atoms with Crippen LogP contribution in [0.4, 0.5) is 0 Å². The molecule has 1 amide bonds. The summed E-state index contributed by atoms with van der Waals surface area (Å²) in [5, 5.41) is 11.0. The fourth-order valence-corrected chi connectivity index (χ4v) is 9.08. The minimum Gasteiger partial charge on any atom is -0.467 e. The van der Waals surface area contributed by atoms with Crippen LogP contribution in [0, 0.1) is 0 Å². The van der Waals surface area contributed by atoms with E-state index < -0.39 is 17.9 Å². The van der Waals surface area contributed by atoms with Crippen LogP contribution in [0.5, 0.6) is 0 Å². The molecule has 3 unspecified atom stereocenters. The molecule has 6 aromatic carbocycles. The number of thioether (sulfide) groups is 1. The maximum absolute atomic E-state index is 14.8. The maximum atomic E-state index is 14.8. The number of hydrogen-bond acceptors (Lipinski definition) is 5. The Morgan fingerprint density at radius 1 is 0.788 bits per heavy atom. The number of aromatic nitrogens is 1. The number of benzene rings is 6. The van der Waals surface area contributed by atoms with Gasteiger partial charge in [-0.05, 0) is 85.5 Å². The van der Waals surface area contributed by atoms with E-state index >= 15 is 0 Å². The lowest BCUT2D eigenvalue weighted by atomic mass is 9.73. The highest BCUT2D eigenvalue weighted by Gasteiger charge is 2.34. The predicted molar refractivity (Wildman–Crippen MR) is 212 cm³/mol. The van der Waals surface area contributed by atoms with Crippen LogP contribution in [-0.2, 0) is 32.0 Å². The lowest BCUT2D eigenvalue weighted by Gasteiger charge is -2.32. The van der Waals surface area contributed by atoms with Gasteiger partial charge in [-0.3, -0.25) is 9.59 Å². The molecule has 0 saturated carbocycles. The number of nitrogens with one attached hydrogen (secondary N) is 2. The summed E-state index contributed by atoms with van der Waals surface area (Å²) in [6, 6.07) is 37.0. The Bertz CT molecular complexity index is 2500. The SMILES string of the molecule is COC(=O)C(Cc1c[nH]c2ccccc12)NC(=O)C(CSC(C)=O)c1c(C2CCCc3c2ccc2c3ccc3ccccc32)ccc2ccccc12. The summed E-state index contributed by atoms with van der Waals surface area (Å²) >= 11 is 1.14. The summed E-state index contributed by atoms with van der Waals surface area (Å²) in [6.45, 7) is 1.53. The molecular weight excluding hydrogens is 665 g/mol. The number of fused-ring (bicyclic) bond motifs is 7. The van der Waals surface area contributed by atoms with Gasteiger partial charge in [0.2, 0.25) is 5.91 Å². The third-order valence-corrected chi connectivity index (χ3v) is 11.7. The number of H-pyrrole nitrogens is 1. The van der Waals surface area contributed by atoms with E-state index in [4.69, 9.17) is 4.74 Å². The van der Waals surface area contributed by atoms with Crippen molar-refractivity contribution in [2.75, 3.05) is 12.9 Å². The second-order valence-corrected chi connectivity index (χ2v) is 14.9. The Labute approximate surface area is 306 Å². The van der Waals surface area contributed by atoms with E-state index in [1.165, 1.54) is 46.7 Å². The first kappa shape index (κ1) is 33.7. The van der Waals surface area contributed by atoms with Crippen LogP contribution in [0.1, 0.15) is 59.4 Å². The number of methoxy groups -OCH3 is 1. The number of para-hydroxylation sites is 1. The van der Waals surface area contributed by atoms with Crippen molar-refractivity contribution in [2.45, 2.75) is 50.5 Å². The van der Waals surface area contributed by atoms with Gasteiger partial charge in [0.05, 0.1) is 13.0 Å². The standard InChI is InChI=1S/C45H40N2O4S/c1-27(48)52-26-40(44(49)47-42(45(50)51-2)24-30-25-46-41-17-8-7-13-32(30)41)43-33-14-6-4-11-29(33)19-21-39(43)35-16-9-15-34-37-20-18-28-10-3-5-12-31(28)36(37)22-23-38(34)35/h3-8,10-14,17-23,25,35,40,42,46H,9,15-16,24,26H2,1-2H3,(H,47,49). The molecule has 3 atom stereocenters. The van der Waals surface area contributed by atoms with E-state index in [1.54, 1.807) is 0 Å². The predicted octanol–water partition coefficient (Wildman–Crippen LogP) is 9.36. The maximum Gasteiger partial charge on any atom is 0.328 e. The van der Waals surface area contributed by atoms with Crippen LogP contribution in [0.15, 0.2) is 115 Å². The van der Waals surface area contributed by atoms with Crippen molar-refractivity contribution in [1.82, 2.24) is 10.3 Å². The van der Waals surface area contributed by atoms with Gasteiger partial charge in [-0.1, -0.05) is 115 Å². The van der Waals surface area contributed by atoms with Gasteiger partial charge in [0.25, 0.3) is 0 Å². The number of rotatable bonds is 9. The second kappa shape index (κ2) is 14.3. The molecule has 52 heavy (non-hydrogen) atoms. The Kier molecular flexibility index (Phi) is 9.29.